The lowest BCUT2D eigenvalue weighted by Crippen LogP contribution is -2.42. The van der Waals surface area contributed by atoms with Gasteiger partial charge in [-0.05, 0) is 18.9 Å². The number of carbonyl (C=O) groups is 1. The summed E-state index contributed by atoms with van der Waals surface area (Å²) in [7, 11) is 0. The molecule has 1 saturated carbocycles. The summed E-state index contributed by atoms with van der Waals surface area (Å²) in [4.78, 5) is 11.7. The smallest absolute Gasteiger partial charge is 0.169 e. The predicted octanol–water partition coefficient (Wildman–Crippen LogP) is 2.38. The first-order chi connectivity index (χ1) is 8.18. The highest BCUT2D eigenvalue weighted by atomic mass is 16.7. The van der Waals surface area contributed by atoms with Crippen molar-refractivity contribution >= 4 is 5.78 Å². The largest absolute Gasteiger partial charge is 0.347 e. The molecule has 1 atom stereocenters. The van der Waals surface area contributed by atoms with Crippen molar-refractivity contribution in [2.75, 3.05) is 13.2 Å². The molecule has 0 bridgehead atoms. The van der Waals surface area contributed by atoms with Crippen molar-refractivity contribution in [3.63, 3.8) is 0 Å². The summed E-state index contributed by atoms with van der Waals surface area (Å²) in [5.41, 5.74) is 1.22. The Morgan fingerprint density at radius 1 is 1.41 bits per heavy atom. The number of ether oxygens (including phenoxy) is 2. The molecule has 3 nitrogen and oxygen atoms in total. The van der Waals surface area contributed by atoms with Gasteiger partial charge in [0, 0.05) is 24.7 Å². The molecule has 0 aromatic heterocycles. The SMILES string of the molecule is C=CCC12CC(=O)C=C1CCC1(C2)OCCO1. The van der Waals surface area contributed by atoms with E-state index in [0.29, 0.717) is 19.6 Å². The minimum atomic E-state index is -0.426. The molecule has 0 radical (unpaired) electrons. The molecule has 92 valence electrons. The van der Waals surface area contributed by atoms with Crippen LogP contribution in [0, 0.1) is 5.41 Å². The Kier molecular flexibility index (Phi) is 2.49. The van der Waals surface area contributed by atoms with Crippen LogP contribution < -0.4 is 0 Å². The maximum Gasteiger partial charge on any atom is 0.169 e. The highest BCUT2D eigenvalue weighted by molar-refractivity contribution is 5.94. The van der Waals surface area contributed by atoms with Gasteiger partial charge < -0.3 is 9.47 Å². The van der Waals surface area contributed by atoms with Gasteiger partial charge in [-0.3, -0.25) is 4.79 Å². The van der Waals surface area contributed by atoms with E-state index in [2.05, 4.69) is 6.58 Å². The van der Waals surface area contributed by atoms with Gasteiger partial charge >= 0.3 is 0 Å². The Labute approximate surface area is 101 Å². The first-order valence-corrected chi connectivity index (χ1v) is 6.31. The van der Waals surface area contributed by atoms with Gasteiger partial charge in [0.05, 0.1) is 13.2 Å². The van der Waals surface area contributed by atoms with Crippen LogP contribution in [0.15, 0.2) is 24.3 Å². The van der Waals surface area contributed by atoms with E-state index < -0.39 is 5.79 Å². The molecule has 1 saturated heterocycles. The Morgan fingerprint density at radius 2 is 2.18 bits per heavy atom. The minimum absolute atomic E-state index is 0.0680. The van der Waals surface area contributed by atoms with Crippen molar-refractivity contribution in [2.45, 2.75) is 37.9 Å². The molecule has 2 fully saturated rings. The van der Waals surface area contributed by atoms with Crippen LogP contribution in [0.4, 0.5) is 0 Å². The molecule has 1 unspecified atom stereocenters. The van der Waals surface area contributed by atoms with E-state index in [1.807, 2.05) is 12.2 Å². The molecule has 3 heteroatoms. The molecule has 1 spiro atoms. The van der Waals surface area contributed by atoms with Crippen LogP contribution >= 0.6 is 0 Å². The Hall–Kier alpha value is -0.930. The standard InChI is InChI=1S/C14H18O3/c1-2-4-13-9-12(15)8-11(13)3-5-14(10-13)16-6-7-17-14/h2,8H,1,3-7,9-10H2. The fourth-order valence-corrected chi connectivity index (χ4v) is 3.58. The number of allylic oxidation sites excluding steroid dienone is 3. The van der Waals surface area contributed by atoms with E-state index >= 15 is 0 Å². The third-order valence-electron chi connectivity index (χ3n) is 4.26. The topological polar surface area (TPSA) is 35.5 Å². The first-order valence-electron chi connectivity index (χ1n) is 6.31. The van der Waals surface area contributed by atoms with Crippen LogP contribution in [0.5, 0.6) is 0 Å². The summed E-state index contributed by atoms with van der Waals surface area (Å²) < 4.78 is 11.6. The molecular weight excluding hydrogens is 216 g/mol. The number of ketones is 1. The summed E-state index contributed by atoms with van der Waals surface area (Å²) in [6, 6.07) is 0. The Balaban J connectivity index is 1.91. The molecule has 0 aromatic carbocycles. The minimum Gasteiger partial charge on any atom is -0.347 e. The lowest BCUT2D eigenvalue weighted by atomic mass is 9.67. The molecule has 1 heterocycles. The summed E-state index contributed by atoms with van der Waals surface area (Å²) in [6.07, 6.45) is 7.81. The summed E-state index contributed by atoms with van der Waals surface area (Å²) in [5, 5.41) is 0. The molecule has 0 amide bonds. The highest BCUT2D eigenvalue weighted by Gasteiger charge is 2.52. The molecule has 3 aliphatic rings. The molecular formula is C14H18O3. The van der Waals surface area contributed by atoms with Crippen molar-refractivity contribution < 1.29 is 14.3 Å². The number of rotatable bonds is 2. The van der Waals surface area contributed by atoms with Crippen molar-refractivity contribution in [2.24, 2.45) is 5.41 Å². The van der Waals surface area contributed by atoms with E-state index in [1.165, 1.54) is 5.57 Å². The van der Waals surface area contributed by atoms with Crippen molar-refractivity contribution in [1.29, 1.82) is 0 Å². The van der Waals surface area contributed by atoms with Gasteiger partial charge in [0.2, 0.25) is 0 Å². The molecule has 1 aliphatic heterocycles. The van der Waals surface area contributed by atoms with Gasteiger partial charge in [0.25, 0.3) is 0 Å². The van der Waals surface area contributed by atoms with Gasteiger partial charge in [-0.25, -0.2) is 0 Å². The second-order valence-electron chi connectivity index (χ2n) is 5.37. The van der Waals surface area contributed by atoms with E-state index in [9.17, 15) is 4.79 Å². The highest BCUT2D eigenvalue weighted by Crippen LogP contribution is 2.55. The van der Waals surface area contributed by atoms with Crippen LogP contribution in [0.3, 0.4) is 0 Å². The molecule has 0 aromatic rings. The first kappa shape index (κ1) is 11.2. The number of hydrogen-bond acceptors (Lipinski definition) is 3. The third-order valence-corrected chi connectivity index (χ3v) is 4.26. The molecule has 2 aliphatic carbocycles. The fourth-order valence-electron chi connectivity index (χ4n) is 3.58. The zero-order valence-electron chi connectivity index (χ0n) is 10.0. The van der Waals surface area contributed by atoms with Crippen LogP contribution in [0.2, 0.25) is 0 Å². The quantitative estimate of drug-likeness (QED) is 0.688. The molecule has 0 N–H and O–H groups in total. The van der Waals surface area contributed by atoms with Gasteiger partial charge in [-0.15, -0.1) is 6.58 Å². The average molecular weight is 234 g/mol. The number of carbonyl (C=O) groups excluding carboxylic acids is 1. The third kappa shape index (κ3) is 1.69. The van der Waals surface area contributed by atoms with Crippen LogP contribution in [0.1, 0.15) is 32.1 Å². The van der Waals surface area contributed by atoms with Gasteiger partial charge in [-0.1, -0.05) is 11.6 Å². The van der Waals surface area contributed by atoms with E-state index in [4.69, 9.17) is 9.47 Å². The lowest BCUT2D eigenvalue weighted by molar-refractivity contribution is -0.191. The van der Waals surface area contributed by atoms with E-state index in [0.717, 1.165) is 25.7 Å². The van der Waals surface area contributed by atoms with Crippen molar-refractivity contribution in [3.05, 3.63) is 24.3 Å². The average Bonchev–Trinajstić information content (AvgIpc) is 2.83. The maximum absolute atomic E-state index is 11.7. The van der Waals surface area contributed by atoms with Crippen LogP contribution in [0.25, 0.3) is 0 Å². The summed E-state index contributed by atoms with van der Waals surface area (Å²) in [6.45, 7) is 5.19. The van der Waals surface area contributed by atoms with E-state index in [-0.39, 0.29) is 11.2 Å². The zero-order chi connectivity index (χ0) is 11.9. The van der Waals surface area contributed by atoms with Gasteiger partial charge in [0.1, 0.15) is 0 Å². The predicted molar refractivity (Wildman–Crippen MR) is 63.4 cm³/mol. The second-order valence-corrected chi connectivity index (χ2v) is 5.37. The maximum atomic E-state index is 11.7. The Bertz CT molecular complexity index is 390. The van der Waals surface area contributed by atoms with Gasteiger partial charge in [0.15, 0.2) is 11.6 Å². The van der Waals surface area contributed by atoms with Crippen LogP contribution in [-0.2, 0) is 14.3 Å². The fraction of sp³-hybridized carbons (Fsp3) is 0.643. The normalized spacial score (nSPS) is 34.8. The number of fused-ring (bicyclic) bond motifs is 1. The van der Waals surface area contributed by atoms with Crippen molar-refractivity contribution in [3.8, 4) is 0 Å². The number of hydrogen-bond donors (Lipinski definition) is 0. The Morgan fingerprint density at radius 3 is 2.88 bits per heavy atom. The lowest BCUT2D eigenvalue weighted by Gasteiger charge is -2.44. The van der Waals surface area contributed by atoms with E-state index in [1.54, 1.807) is 0 Å². The van der Waals surface area contributed by atoms with Crippen molar-refractivity contribution in [1.82, 2.24) is 0 Å². The summed E-state index contributed by atoms with van der Waals surface area (Å²) >= 11 is 0. The zero-order valence-corrected chi connectivity index (χ0v) is 10.0. The summed E-state index contributed by atoms with van der Waals surface area (Å²) in [5.74, 6) is -0.178. The second kappa shape index (κ2) is 3.79. The monoisotopic (exact) mass is 234 g/mol. The van der Waals surface area contributed by atoms with Gasteiger partial charge in [-0.2, -0.15) is 0 Å². The van der Waals surface area contributed by atoms with Crippen LogP contribution in [-0.4, -0.2) is 24.8 Å². The molecule has 17 heavy (non-hydrogen) atoms. The molecule has 3 rings (SSSR count).